The van der Waals surface area contributed by atoms with Crippen molar-refractivity contribution in [3.8, 4) is 5.75 Å². The van der Waals surface area contributed by atoms with E-state index in [2.05, 4.69) is 49.5 Å². The Morgan fingerprint density at radius 2 is 1.73 bits per heavy atom. The maximum absolute atomic E-state index is 12.6. The topological polar surface area (TPSA) is 38.3 Å². The van der Waals surface area contributed by atoms with Crippen molar-refractivity contribution in [1.82, 2.24) is 5.32 Å². The van der Waals surface area contributed by atoms with Crippen LogP contribution in [-0.4, -0.2) is 12.0 Å². The molecule has 1 aliphatic rings. The number of hydrogen-bond acceptors (Lipinski definition) is 2. The van der Waals surface area contributed by atoms with Crippen molar-refractivity contribution < 1.29 is 9.53 Å². The molecule has 2 atom stereocenters. The van der Waals surface area contributed by atoms with E-state index in [0.717, 1.165) is 24.2 Å². The van der Waals surface area contributed by atoms with Gasteiger partial charge in [0.05, 0.1) is 6.04 Å². The summed E-state index contributed by atoms with van der Waals surface area (Å²) < 4.78 is 5.92. The Morgan fingerprint density at radius 1 is 1.00 bits per heavy atom. The number of aryl methyl sites for hydroxylation is 4. The maximum Gasteiger partial charge on any atom is 0.261 e. The smallest absolute Gasteiger partial charge is 0.261 e. The van der Waals surface area contributed by atoms with Gasteiger partial charge in [0.15, 0.2) is 6.10 Å². The van der Waals surface area contributed by atoms with Gasteiger partial charge in [0, 0.05) is 0 Å². The normalized spacial score (nSPS) is 15.7. The largest absolute Gasteiger partial charge is 0.481 e. The highest BCUT2D eigenvalue weighted by Gasteiger charge is 2.19. The lowest BCUT2D eigenvalue weighted by Gasteiger charge is -2.22. The summed E-state index contributed by atoms with van der Waals surface area (Å²) in [7, 11) is 0. The molecule has 0 bridgehead atoms. The first-order valence-electron chi connectivity index (χ1n) is 9.60. The second-order valence-corrected chi connectivity index (χ2v) is 7.49. The lowest BCUT2D eigenvalue weighted by Crippen LogP contribution is -2.38. The molecule has 138 valence electrons. The summed E-state index contributed by atoms with van der Waals surface area (Å²) in [5.74, 6) is 0.698. The summed E-state index contributed by atoms with van der Waals surface area (Å²) in [5.41, 5.74) is 6.32. The van der Waals surface area contributed by atoms with Crippen LogP contribution in [0, 0.1) is 13.8 Å². The lowest BCUT2D eigenvalue weighted by molar-refractivity contribution is -0.127. The molecule has 3 heteroatoms. The van der Waals surface area contributed by atoms with E-state index in [4.69, 9.17) is 4.74 Å². The van der Waals surface area contributed by atoms with Crippen LogP contribution in [0.15, 0.2) is 36.4 Å². The van der Waals surface area contributed by atoms with Crippen molar-refractivity contribution in [3.63, 3.8) is 0 Å². The molecule has 0 fully saturated rings. The van der Waals surface area contributed by atoms with Crippen LogP contribution in [0.4, 0.5) is 0 Å². The zero-order valence-electron chi connectivity index (χ0n) is 16.3. The summed E-state index contributed by atoms with van der Waals surface area (Å²) in [4.78, 5) is 12.6. The highest BCUT2D eigenvalue weighted by atomic mass is 16.5. The first-order chi connectivity index (χ1) is 12.4. The van der Waals surface area contributed by atoms with E-state index >= 15 is 0 Å². The zero-order valence-corrected chi connectivity index (χ0v) is 16.3. The van der Waals surface area contributed by atoms with Gasteiger partial charge in [-0.15, -0.1) is 0 Å². The van der Waals surface area contributed by atoms with Crippen LogP contribution in [0.25, 0.3) is 0 Å². The monoisotopic (exact) mass is 351 g/mol. The van der Waals surface area contributed by atoms with Crippen molar-refractivity contribution in [1.29, 1.82) is 0 Å². The summed E-state index contributed by atoms with van der Waals surface area (Å²) in [6.07, 6.45) is 4.24. The molecule has 0 saturated heterocycles. The number of fused-ring (bicyclic) bond motifs is 1. The van der Waals surface area contributed by atoms with Gasteiger partial charge in [-0.25, -0.2) is 0 Å². The molecule has 1 N–H and O–H groups in total. The Bertz CT molecular complexity index is 797. The third-order valence-electron chi connectivity index (χ3n) is 5.26. The molecular weight excluding hydrogens is 322 g/mol. The van der Waals surface area contributed by atoms with E-state index in [1.54, 1.807) is 0 Å². The van der Waals surface area contributed by atoms with Gasteiger partial charge in [-0.05, 0) is 87.8 Å². The highest BCUT2D eigenvalue weighted by Crippen LogP contribution is 2.26. The molecule has 1 aliphatic carbocycles. The van der Waals surface area contributed by atoms with Gasteiger partial charge in [0.25, 0.3) is 5.91 Å². The van der Waals surface area contributed by atoms with Crippen molar-refractivity contribution >= 4 is 5.91 Å². The van der Waals surface area contributed by atoms with Crippen LogP contribution in [0.2, 0.25) is 0 Å². The molecule has 2 unspecified atom stereocenters. The van der Waals surface area contributed by atoms with Gasteiger partial charge in [0.1, 0.15) is 5.75 Å². The standard InChI is InChI=1S/C23H29NO2/c1-15-9-10-16(2)22(13-15)17(3)24-23(25)18(4)26-21-12-11-19-7-5-6-8-20(19)14-21/h9-14,17-18H,5-8H2,1-4H3,(H,24,25). The number of rotatable bonds is 5. The van der Waals surface area contributed by atoms with Crippen molar-refractivity contribution in [2.24, 2.45) is 0 Å². The molecule has 0 radical (unpaired) electrons. The van der Waals surface area contributed by atoms with Gasteiger partial charge >= 0.3 is 0 Å². The Kier molecular flexibility index (Phi) is 5.65. The van der Waals surface area contributed by atoms with Gasteiger partial charge in [0.2, 0.25) is 0 Å². The van der Waals surface area contributed by atoms with E-state index in [-0.39, 0.29) is 11.9 Å². The Morgan fingerprint density at radius 3 is 2.50 bits per heavy atom. The van der Waals surface area contributed by atoms with Crippen LogP contribution in [-0.2, 0) is 17.6 Å². The minimum Gasteiger partial charge on any atom is -0.481 e. The molecule has 0 heterocycles. The molecule has 1 amide bonds. The van der Waals surface area contributed by atoms with E-state index in [9.17, 15) is 4.79 Å². The molecule has 0 aliphatic heterocycles. The van der Waals surface area contributed by atoms with E-state index in [1.807, 2.05) is 19.9 Å². The van der Waals surface area contributed by atoms with Gasteiger partial charge in [-0.3, -0.25) is 4.79 Å². The van der Waals surface area contributed by atoms with Crippen molar-refractivity contribution in [2.45, 2.75) is 65.5 Å². The quantitative estimate of drug-likeness (QED) is 0.838. The van der Waals surface area contributed by atoms with Gasteiger partial charge in [-0.1, -0.05) is 29.8 Å². The predicted octanol–water partition coefficient (Wildman–Crippen LogP) is 4.83. The van der Waals surface area contributed by atoms with Crippen LogP contribution in [0.3, 0.4) is 0 Å². The van der Waals surface area contributed by atoms with E-state index in [1.165, 1.54) is 35.1 Å². The summed E-state index contributed by atoms with van der Waals surface area (Å²) in [6, 6.07) is 12.5. The molecule has 0 aromatic heterocycles. The van der Waals surface area contributed by atoms with Crippen LogP contribution in [0.1, 0.15) is 60.5 Å². The number of benzene rings is 2. The SMILES string of the molecule is Cc1ccc(C)c(C(C)NC(=O)C(C)Oc2ccc3c(c2)CCCC3)c1. The average molecular weight is 351 g/mol. The number of hydrogen-bond donors (Lipinski definition) is 1. The van der Waals surface area contributed by atoms with Crippen molar-refractivity contribution in [2.75, 3.05) is 0 Å². The minimum atomic E-state index is -0.524. The second kappa shape index (κ2) is 7.94. The molecule has 3 nitrogen and oxygen atoms in total. The first-order valence-corrected chi connectivity index (χ1v) is 9.60. The summed E-state index contributed by atoms with van der Waals surface area (Å²) in [5, 5.41) is 3.08. The van der Waals surface area contributed by atoms with E-state index < -0.39 is 6.10 Å². The number of nitrogens with one attached hydrogen (secondary N) is 1. The zero-order chi connectivity index (χ0) is 18.7. The third kappa shape index (κ3) is 4.27. The van der Waals surface area contributed by atoms with Gasteiger partial charge < -0.3 is 10.1 Å². The number of carbonyl (C=O) groups is 1. The number of amides is 1. The van der Waals surface area contributed by atoms with Gasteiger partial charge in [-0.2, -0.15) is 0 Å². The highest BCUT2D eigenvalue weighted by molar-refractivity contribution is 5.81. The lowest BCUT2D eigenvalue weighted by atomic mass is 9.92. The van der Waals surface area contributed by atoms with Crippen LogP contribution >= 0.6 is 0 Å². The molecular formula is C23H29NO2. The fraction of sp³-hybridized carbons (Fsp3) is 0.435. The molecule has 2 aromatic carbocycles. The summed E-state index contributed by atoms with van der Waals surface area (Å²) >= 11 is 0. The second-order valence-electron chi connectivity index (χ2n) is 7.49. The van der Waals surface area contributed by atoms with Crippen LogP contribution < -0.4 is 10.1 Å². The molecule has 3 rings (SSSR count). The first kappa shape index (κ1) is 18.5. The molecule has 26 heavy (non-hydrogen) atoms. The number of ether oxygens (including phenoxy) is 1. The molecule has 0 spiro atoms. The number of carbonyl (C=O) groups excluding carboxylic acids is 1. The molecule has 2 aromatic rings. The Labute approximate surface area is 156 Å². The average Bonchev–Trinajstić information content (AvgIpc) is 2.63. The molecule has 0 saturated carbocycles. The Balaban J connectivity index is 1.63. The fourth-order valence-electron chi connectivity index (χ4n) is 3.68. The van der Waals surface area contributed by atoms with E-state index in [0.29, 0.717) is 0 Å². The predicted molar refractivity (Wildman–Crippen MR) is 106 cm³/mol. The van der Waals surface area contributed by atoms with Crippen LogP contribution in [0.5, 0.6) is 5.75 Å². The Hall–Kier alpha value is -2.29. The minimum absolute atomic E-state index is 0.0445. The fourth-order valence-corrected chi connectivity index (χ4v) is 3.68. The third-order valence-corrected chi connectivity index (χ3v) is 5.26. The summed E-state index contributed by atoms with van der Waals surface area (Å²) in [6.45, 7) is 7.97. The maximum atomic E-state index is 12.6. The van der Waals surface area contributed by atoms with Crippen molar-refractivity contribution in [3.05, 3.63) is 64.2 Å².